The number of nitrogens with one attached hydrogen (secondary N) is 1. The molecule has 1 aromatic carbocycles. The molecule has 1 atom stereocenters. The van der Waals surface area contributed by atoms with Crippen LogP contribution < -0.4 is 0 Å². The second kappa shape index (κ2) is 5.15. The number of alkyl halides is 2. The number of carbonyl (C=O) groups excluding carboxylic acids is 2. The second-order valence-corrected chi connectivity index (χ2v) is 5.46. The minimum atomic E-state index is -2.96. The van der Waals surface area contributed by atoms with Crippen LogP contribution in [0.5, 0.6) is 0 Å². The van der Waals surface area contributed by atoms with Crippen LogP contribution in [0.4, 0.5) is 13.2 Å². The summed E-state index contributed by atoms with van der Waals surface area (Å²) in [5.41, 5.74) is 1.14. The summed E-state index contributed by atoms with van der Waals surface area (Å²) in [4.78, 5) is 25.7. The molecule has 1 amide bonds. The summed E-state index contributed by atoms with van der Waals surface area (Å²) in [5.74, 6) is -3.42. The molecule has 0 saturated carbocycles. The maximum absolute atomic E-state index is 13.5. The van der Waals surface area contributed by atoms with Crippen LogP contribution in [-0.4, -0.2) is 41.1 Å². The summed E-state index contributed by atoms with van der Waals surface area (Å²) in [5, 5.41) is 0.588. The van der Waals surface area contributed by atoms with Crippen LogP contribution in [0, 0.1) is 5.82 Å². The maximum atomic E-state index is 13.5. The molecule has 1 radical (unpaired) electrons. The van der Waals surface area contributed by atoms with Crippen LogP contribution in [0.15, 0.2) is 18.2 Å². The molecule has 4 nitrogen and oxygen atoms in total. The molecule has 115 valence electrons. The van der Waals surface area contributed by atoms with Gasteiger partial charge in [0.05, 0.1) is 12.2 Å². The highest BCUT2D eigenvalue weighted by atomic mass is 19.3. The van der Waals surface area contributed by atoms with E-state index in [0.717, 1.165) is 4.90 Å². The molecule has 22 heavy (non-hydrogen) atoms. The van der Waals surface area contributed by atoms with Crippen molar-refractivity contribution in [2.75, 3.05) is 6.54 Å². The molecule has 0 spiro atoms. The molecule has 1 aliphatic rings. The Bertz CT molecular complexity index is 742. The lowest BCUT2D eigenvalue weighted by Gasteiger charge is -2.17. The Morgan fingerprint density at radius 3 is 2.91 bits per heavy atom. The number of aromatic amines is 1. The minimum Gasteiger partial charge on any atom is -0.352 e. The molecule has 0 unspecified atom stereocenters. The van der Waals surface area contributed by atoms with Crippen LogP contribution in [0.1, 0.15) is 22.5 Å². The molecule has 0 aliphatic carbocycles. The molecular formula is C15H12F3N2O2. The van der Waals surface area contributed by atoms with E-state index in [1.54, 1.807) is 0 Å². The van der Waals surface area contributed by atoms with Crippen molar-refractivity contribution in [3.8, 4) is 0 Å². The molecule has 3 rings (SSSR count). The highest BCUT2D eigenvalue weighted by Crippen LogP contribution is 2.34. The van der Waals surface area contributed by atoms with Gasteiger partial charge in [0.15, 0.2) is 6.29 Å². The summed E-state index contributed by atoms with van der Waals surface area (Å²) >= 11 is 0. The molecule has 0 bridgehead atoms. The van der Waals surface area contributed by atoms with Gasteiger partial charge < -0.3 is 9.88 Å². The van der Waals surface area contributed by atoms with Gasteiger partial charge in [-0.3, -0.25) is 9.59 Å². The normalized spacial score (nSPS) is 20.5. The number of rotatable bonds is 4. The van der Waals surface area contributed by atoms with Gasteiger partial charge in [-0.1, -0.05) is 0 Å². The number of halogens is 3. The molecular weight excluding hydrogens is 297 g/mol. The van der Waals surface area contributed by atoms with Gasteiger partial charge in [0, 0.05) is 23.4 Å². The van der Waals surface area contributed by atoms with Crippen molar-refractivity contribution in [3.63, 3.8) is 0 Å². The number of H-pyrrole nitrogens is 1. The van der Waals surface area contributed by atoms with Gasteiger partial charge >= 0.3 is 6.41 Å². The lowest BCUT2D eigenvalue weighted by Crippen LogP contribution is -2.30. The summed E-state index contributed by atoms with van der Waals surface area (Å²) in [6, 6.07) is 3.22. The van der Waals surface area contributed by atoms with Crippen LogP contribution in [0.3, 0.4) is 0 Å². The first-order valence-corrected chi connectivity index (χ1v) is 6.71. The third-order valence-electron chi connectivity index (χ3n) is 3.95. The number of hydrogen-bond donors (Lipinski definition) is 1. The topological polar surface area (TPSA) is 53.2 Å². The van der Waals surface area contributed by atoms with E-state index in [9.17, 15) is 22.8 Å². The Balaban J connectivity index is 1.99. The quantitative estimate of drug-likeness (QED) is 0.882. The standard InChI is InChI=1S/C15H12F3N2O2/c16-9-1-2-11-12(14(6-21)19-13(11)3-9)4-10-5-15(17,18)7-20(10)8-22/h1-3,6,10,19H,4-5,7H2/t10-/m1/s1. The number of nitrogens with zero attached hydrogens (tertiary/aromatic N) is 1. The fourth-order valence-corrected chi connectivity index (χ4v) is 2.99. The molecule has 1 aromatic heterocycles. The highest BCUT2D eigenvalue weighted by molar-refractivity contribution is 5.92. The van der Waals surface area contributed by atoms with Crippen molar-refractivity contribution in [3.05, 3.63) is 35.3 Å². The van der Waals surface area contributed by atoms with Crippen molar-refractivity contribution < 1.29 is 22.8 Å². The molecule has 1 fully saturated rings. The predicted molar refractivity (Wildman–Crippen MR) is 73.1 cm³/mol. The number of benzene rings is 1. The van der Waals surface area contributed by atoms with Crippen molar-refractivity contribution >= 4 is 23.6 Å². The van der Waals surface area contributed by atoms with Gasteiger partial charge in [0.25, 0.3) is 5.92 Å². The number of amides is 1. The maximum Gasteiger partial charge on any atom is 0.312 e. The lowest BCUT2D eigenvalue weighted by molar-refractivity contribution is 0.0163. The van der Waals surface area contributed by atoms with E-state index in [-0.39, 0.29) is 12.1 Å². The van der Waals surface area contributed by atoms with E-state index in [1.165, 1.54) is 24.6 Å². The zero-order valence-electron chi connectivity index (χ0n) is 11.4. The Morgan fingerprint density at radius 1 is 1.45 bits per heavy atom. The Morgan fingerprint density at radius 2 is 2.23 bits per heavy atom. The van der Waals surface area contributed by atoms with Crippen molar-refractivity contribution in [2.24, 2.45) is 0 Å². The monoisotopic (exact) mass is 309 g/mol. The molecule has 1 saturated heterocycles. The first-order chi connectivity index (χ1) is 10.4. The summed E-state index contributed by atoms with van der Waals surface area (Å²) < 4.78 is 40.2. The van der Waals surface area contributed by atoms with Crippen LogP contribution >= 0.6 is 0 Å². The van der Waals surface area contributed by atoms with E-state index in [0.29, 0.717) is 22.8 Å². The first kappa shape index (κ1) is 14.6. The summed E-state index contributed by atoms with van der Waals surface area (Å²) in [6.07, 6.45) is 1.70. The second-order valence-electron chi connectivity index (χ2n) is 5.46. The fraction of sp³-hybridized carbons (Fsp3) is 0.333. The number of hydrogen-bond acceptors (Lipinski definition) is 2. The fourth-order valence-electron chi connectivity index (χ4n) is 2.99. The number of aromatic nitrogens is 1. The van der Waals surface area contributed by atoms with E-state index in [2.05, 4.69) is 4.98 Å². The Kier molecular flexibility index (Phi) is 3.42. The third kappa shape index (κ3) is 2.47. The average Bonchev–Trinajstić information content (AvgIpc) is 2.95. The smallest absolute Gasteiger partial charge is 0.312 e. The highest BCUT2D eigenvalue weighted by Gasteiger charge is 2.45. The summed E-state index contributed by atoms with van der Waals surface area (Å²) in [6.45, 7) is -0.672. The first-order valence-electron chi connectivity index (χ1n) is 6.71. The van der Waals surface area contributed by atoms with Crippen LogP contribution in [0.25, 0.3) is 10.9 Å². The SMILES string of the molecule is O=[C]N1CC(F)(F)C[C@H]1Cc1c(C=O)[nH]c2cc(F)ccc12. The van der Waals surface area contributed by atoms with E-state index >= 15 is 0 Å². The molecule has 7 heteroatoms. The number of likely N-dealkylation sites (tertiary alicyclic amines) is 1. The van der Waals surface area contributed by atoms with Gasteiger partial charge in [0.2, 0.25) is 0 Å². The summed E-state index contributed by atoms with van der Waals surface area (Å²) in [7, 11) is 0. The average molecular weight is 309 g/mol. The van der Waals surface area contributed by atoms with Gasteiger partial charge in [-0.2, -0.15) is 0 Å². The zero-order valence-corrected chi connectivity index (χ0v) is 11.4. The van der Waals surface area contributed by atoms with Crippen LogP contribution in [-0.2, 0) is 11.2 Å². The zero-order chi connectivity index (χ0) is 15.9. The Hall–Kier alpha value is -2.31. The van der Waals surface area contributed by atoms with Gasteiger partial charge in [-0.05, 0) is 30.2 Å². The van der Waals surface area contributed by atoms with Crippen molar-refractivity contribution in [1.29, 1.82) is 0 Å². The van der Waals surface area contributed by atoms with E-state index in [1.807, 2.05) is 0 Å². The van der Waals surface area contributed by atoms with Crippen molar-refractivity contribution in [2.45, 2.75) is 24.8 Å². The number of carbonyl (C=O) groups is 1. The number of fused-ring (bicyclic) bond motifs is 1. The molecule has 1 N–H and O–H groups in total. The minimum absolute atomic E-state index is 0.0878. The molecule has 2 heterocycles. The van der Waals surface area contributed by atoms with Gasteiger partial charge in [-0.25, -0.2) is 13.2 Å². The largest absolute Gasteiger partial charge is 0.352 e. The van der Waals surface area contributed by atoms with E-state index < -0.39 is 30.7 Å². The molecule has 1 aliphatic heterocycles. The third-order valence-corrected chi connectivity index (χ3v) is 3.95. The van der Waals surface area contributed by atoms with Gasteiger partial charge in [-0.15, -0.1) is 0 Å². The Labute approximate surface area is 123 Å². The van der Waals surface area contributed by atoms with Crippen molar-refractivity contribution in [1.82, 2.24) is 9.88 Å². The van der Waals surface area contributed by atoms with E-state index in [4.69, 9.17) is 0 Å². The predicted octanol–water partition coefficient (Wildman–Crippen LogP) is 2.44. The molecule has 2 aromatic rings. The number of aldehydes is 1. The van der Waals surface area contributed by atoms with Crippen LogP contribution in [0.2, 0.25) is 0 Å². The van der Waals surface area contributed by atoms with Gasteiger partial charge in [0.1, 0.15) is 5.82 Å². The lowest BCUT2D eigenvalue weighted by atomic mass is 10.0.